The Morgan fingerprint density at radius 2 is 2.16 bits per heavy atom. The van der Waals surface area contributed by atoms with Crippen molar-refractivity contribution >= 4 is 34.0 Å². The molecule has 0 unspecified atom stereocenters. The second-order valence-electron chi connectivity index (χ2n) is 7.36. The summed E-state index contributed by atoms with van der Waals surface area (Å²) in [7, 11) is 0. The number of anilines is 1. The van der Waals surface area contributed by atoms with Crippen LogP contribution in [0.25, 0.3) is 11.4 Å². The fraction of sp³-hybridized carbons (Fsp3) is 0.304. The molecule has 1 aromatic carbocycles. The van der Waals surface area contributed by atoms with Crippen molar-refractivity contribution in [3.05, 3.63) is 58.7 Å². The first-order valence-electron chi connectivity index (χ1n) is 10.4. The zero-order chi connectivity index (χ0) is 22.5. The molecule has 0 bridgehead atoms. The van der Waals surface area contributed by atoms with Gasteiger partial charge in [0.25, 0.3) is 0 Å². The minimum absolute atomic E-state index is 0.142. The van der Waals surface area contributed by atoms with Crippen LogP contribution < -0.4 is 5.32 Å². The molecule has 0 saturated carbocycles. The normalized spacial score (nSPS) is 12.8. The van der Waals surface area contributed by atoms with E-state index in [0.29, 0.717) is 39.4 Å². The average Bonchev–Trinajstić information content (AvgIpc) is 3.35. The monoisotopic (exact) mass is 467 g/mol. The van der Waals surface area contributed by atoms with Gasteiger partial charge in [0, 0.05) is 23.6 Å². The Labute approximate surface area is 194 Å². The van der Waals surface area contributed by atoms with E-state index in [1.165, 1.54) is 34.0 Å². The number of aromatic nitrogens is 3. The zero-order valence-electron chi connectivity index (χ0n) is 17.4. The number of allylic oxidation sites excluding steroid dienone is 1. The van der Waals surface area contributed by atoms with Gasteiger partial charge in [-0.3, -0.25) is 9.36 Å². The summed E-state index contributed by atoms with van der Waals surface area (Å²) in [4.78, 5) is 13.7. The third-order valence-corrected chi connectivity index (χ3v) is 7.42. The van der Waals surface area contributed by atoms with E-state index in [2.05, 4.69) is 28.2 Å². The third-order valence-electron chi connectivity index (χ3n) is 5.24. The van der Waals surface area contributed by atoms with Gasteiger partial charge in [0.2, 0.25) is 5.91 Å². The number of benzene rings is 1. The van der Waals surface area contributed by atoms with Crippen LogP contribution in [0.1, 0.15) is 35.3 Å². The van der Waals surface area contributed by atoms with Crippen molar-refractivity contribution in [1.82, 2.24) is 14.8 Å². The van der Waals surface area contributed by atoms with Gasteiger partial charge in [-0.05, 0) is 43.4 Å². The maximum atomic E-state index is 14.2. The standard InChI is InChI=1S/C23H22FN5OS2/c1-2-12-29-21(16-8-3-5-9-18(16)24)27-28-23(29)31-13-11-20(30)26-22-17(14-25)15-7-4-6-10-19(15)32-22/h2-3,5,8-9H,1,4,6-7,10-13H2,(H,26,30). The van der Waals surface area contributed by atoms with Crippen molar-refractivity contribution in [2.45, 2.75) is 43.8 Å². The molecule has 2 heterocycles. The molecule has 32 heavy (non-hydrogen) atoms. The molecule has 0 atom stereocenters. The van der Waals surface area contributed by atoms with Crippen LogP contribution in [0.3, 0.4) is 0 Å². The summed E-state index contributed by atoms with van der Waals surface area (Å²) in [5.41, 5.74) is 2.09. The fourth-order valence-corrected chi connectivity index (χ4v) is 5.87. The molecular formula is C23H22FN5OS2. The number of nitrogens with zero attached hydrogens (tertiary/aromatic N) is 4. The SMILES string of the molecule is C=CCn1c(SCCC(=O)Nc2sc3c(c2C#N)CCCC3)nnc1-c1ccccc1F. The highest BCUT2D eigenvalue weighted by Gasteiger charge is 2.22. The van der Waals surface area contributed by atoms with E-state index in [4.69, 9.17) is 0 Å². The summed E-state index contributed by atoms with van der Waals surface area (Å²) in [5.74, 6) is 0.397. The van der Waals surface area contributed by atoms with Crippen LogP contribution in [0.15, 0.2) is 42.1 Å². The Hall–Kier alpha value is -2.96. The van der Waals surface area contributed by atoms with Crippen LogP contribution in [0, 0.1) is 17.1 Å². The van der Waals surface area contributed by atoms with Gasteiger partial charge in [-0.1, -0.05) is 30.0 Å². The van der Waals surface area contributed by atoms with Gasteiger partial charge in [0.05, 0.1) is 11.1 Å². The quantitative estimate of drug-likeness (QED) is 0.363. The van der Waals surface area contributed by atoms with E-state index >= 15 is 0 Å². The molecule has 164 valence electrons. The lowest BCUT2D eigenvalue weighted by molar-refractivity contribution is -0.115. The molecule has 6 nitrogen and oxygen atoms in total. The van der Waals surface area contributed by atoms with Crippen LogP contribution in [0.4, 0.5) is 9.39 Å². The molecule has 9 heteroatoms. The van der Waals surface area contributed by atoms with Crippen molar-refractivity contribution in [3.8, 4) is 17.5 Å². The predicted molar refractivity (Wildman–Crippen MR) is 125 cm³/mol. The summed E-state index contributed by atoms with van der Waals surface area (Å²) < 4.78 is 16.0. The highest BCUT2D eigenvalue weighted by molar-refractivity contribution is 7.99. The second-order valence-corrected chi connectivity index (χ2v) is 9.53. The molecule has 1 N–H and O–H groups in total. The van der Waals surface area contributed by atoms with Crippen molar-refractivity contribution in [2.24, 2.45) is 0 Å². The maximum Gasteiger partial charge on any atom is 0.225 e. The van der Waals surface area contributed by atoms with E-state index in [0.717, 1.165) is 31.2 Å². The summed E-state index contributed by atoms with van der Waals surface area (Å²) in [6, 6.07) is 8.69. The highest BCUT2D eigenvalue weighted by Crippen LogP contribution is 2.37. The van der Waals surface area contributed by atoms with Gasteiger partial charge in [0.15, 0.2) is 11.0 Å². The van der Waals surface area contributed by atoms with E-state index in [-0.39, 0.29) is 18.1 Å². The number of rotatable bonds is 8. The number of thioether (sulfide) groups is 1. The van der Waals surface area contributed by atoms with Gasteiger partial charge >= 0.3 is 0 Å². The molecule has 4 rings (SSSR count). The van der Waals surface area contributed by atoms with Crippen molar-refractivity contribution in [3.63, 3.8) is 0 Å². The molecule has 1 aliphatic carbocycles. The van der Waals surface area contributed by atoms with Crippen LogP contribution in [-0.2, 0) is 24.2 Å². The number of halogens is 1. The molecule has 0 radical (unpaired) electrons. The number of carbonyl (C=O) groups is 1. The summed E-state index contributed by atoms with van der Waals surface area (Å²) >= 11 is 2.90. The predicted octanol–water partition coefficient (Wildman–Crippen LogP) is 5.20. The maximum absolute atomic E-state index is 14.2. The first-order chi connectivity index (χ1) is 15.6. The van der Waals surface area contributed by atoms with Crippen LogP contribution in [0.5, 0.6) is 0 Å². The first-order valence-corrected chi connectivity index (χ1v) is 12.2. The number of hydrogen-bond donors (Lipinski definition) is 1. The lowest BCUT2D eigenvalue weighted by atomic mass is 9.96. The summed E-state index contributed by atoms with van der Waals surface area (Å²) in [6.07, 6.45) is 6.05. The van der Waals surface area contributed by atoms with Gasteiger partial charge < -0.3 is 5.32 Å². The third kappa shape index (κ3) is 4.61. The topological polar surface area (TPSA) is 83.6 Å². The van der Waals surface area contributed by atoms with Gasteiger partial charge in [-0.25, -0.2) is 4.39 Å². The number of nitrogens with one attached hydrogen (secondary N) is 1. The van der Waals surface area contributed by atoms with Crippen molar-refractivity contribution in [1.29, 1.82) is 5.26 Å². The molecule has 3 aromatic rings. The largest absolute Gasteiger partial charge is 0.317 e. The molecule has 2 aromatic heterocycles. The zero-order valence-corrected chi connectivity index (χ0v) is 19.1. The number of amides is 1. The van der Waals surface area contributed by atoms with Crippen molar-refractivity contribution < 1.29 is 9.18 Å². The fourth-order valence-electron chi connectivity index (χ4n) is 3.73. The molecule has 1 aliphatic rings. The van der Waals surface area contributed by atoms with Crippen LogP contribution in [0.2, 0.25) is 0 Å². The van der Waals surface area contributed by atoms with Crippen molar-refractivity contribution in [2.75, 3.05) is 11.1 Å². The van der Waals surface area contributed by atoms with E-state index in [1.807, 2.05) is 0 Å². The Balaban J connectivity index is 1.41. The van der Waals surface area contributed by atoms with E-state index in [9.17, 15) is 14.4 Å². The number of thiophene rings is 1. The number of carbonyl (C=O) groups excluding carboxylic acids is 1. The van der Waals surface area contributed by atoms with Crippen LogP contribution >= 0.6 is 23.1 Å². The smallest absolute Gasteiger partial charge is 0.225 e. The molecule has 0 fully saturated rings. The number of aryl methyl sites for hydroxylation is 1. The Morgan fingerprint density at radius 3 is 2.94 bits per heavy atom. The first kappa shape index (κ1) is 22.2. The molecule has 0 saturated heterocycles. The Bertz CT molecular complexity index is 1190. The molecule has 1 amide bonds. The second kappa shape index (κ2) is 10.1. The lowest BCUT2D eigenvalue weighted by Crippen LogP contribution is -2.12. The minimum atomic E-state index is -0.368. The average molecular weight is 468 g/mol. The molecular weight excluding hydrogens is 445 g/mol. The molecule has 0 spiro atoms. The van der Waals surface area contributed by atoms with Crippen LogP contribution in [-0.4, -0.2) is 26.4 Å². The molecule has 0 aliphatic heterocycles. The highest BCUT2D eigenvalue weighted by atomic mass is 32.2. The van der Waals surface area contributed by atoms with Gasteiger partial charge in [-0.2, -0.15) is 5.26 Å². The van der Waals surface area contributed by atoms with E-state index in [1.54, 1.807) is 28.8 Å². The van der Waals surface area contributed by atoms with E-state index < -0.39 is 0 Å². The Kier molecular flexibility index (Phi) is 7.02. The summed E-state index contributed by atoms with van der Waals surface area (Å²) in [6.45, 7) is 4.19. The van der Waals surface area contributed by atoms with Gasteiger partial charge in [0.1, 0.15) is 16.9 Å². The number of fused-ring (bicyclic) bond motifs is 1. The Morgan fingerprint density at radius 1 is 1.34 bits per heavy atom. The minimum Gasteiger partial charge on any atom is -0.317 e. The van der Waals surface area contributed by atoms with Gasteiger partial charge in [-0.15, -0.1) is 28.1 Å². The lowest BCUT2D eigenvalue weighted by Gasteiger charge is -2.09. The summed E-state index contributed by atoms with van der Waals surface area (Å²) in [5, 5.41) is 22.1. The number of nitriles is 1. The number of hydrogen-bond acceptors (Lipinski definition) is 6.